The number of para-hydroxylation sites is 2. The van der Waals surface area contributed by atoms with Crippen molar-refractivity contribution in [2.45, 2.75) is 26.7 Å². The van der Waals surface area contributed by atoms with Gasteiger partial charge in [0.2, 0.25) is 0 Å². The molecule has 0 saturated carbocycles. The van der Waals surface area contributed by atoms with Gasteiger partial charge in [0.1, 0.15) is 17.3 Å². The summed E-state index contributed by atoms with van der Waals surface area (Å²) in [4.78, 5) is 26.3. The van der Waals surface area contributed by atoms with E-state index in [1.165, 1.54) is 5.56 Å². The highest BCUT2D eigenvalue weighted by Crippen LogP contribution is 2.29. The van der Waals surface area contributed by atoms with E-state index in [1.807, 2.05) is 66.4 Å². The lowest BCUT2D eigenvalue weighted by Gasteiger charge is -2.29. The summed E-state index contributed by atoms with van der Waals surface area (Å²) < 4.78 is 0. The topological polar surface area (TPSA) is 49.3 Å². The lowest BCUT2D eigenvalue weighted by atomic mass is 10.0. The Morgan fingerprint density at radius 1 is 1.07 bits per heavy atom. The number of nitrogens with zero attached hydrogens (tertiary/aromatic N) is 4. The fourth-order valence-electron chi connectivity index (χ4n) is 3.77. The summed E-state index contributed by atoms with van der Waals surface area (Å²) in [5.41, 5.74) is 3.69. The number of anilines is 3. The van der Waals surface area contributed by atoms with Crippen LogP contribution in [0.1, 0.15) is 35.2 Å². The van der Waals surface area contributed by atoms with Crippen molar-refractivity contribution in [1.29, 1.82) is 0 Å². The number of hydrogen-bond donors (Lipinski definition) is 0. The van der Waals surface area contributed by atoms with Crippen molar-refractivity contribution in [1.82, 2.24) is 9.97 Å². The molecular formula is C23H24N4O. The highest BCUT2D eigenvalue weighted by atomic mass is 16.2. The molecule has 1 aliphatic rings. The van der Waals surface area contributed by atoms with E-state index < -0.39 is 0 Å². The van der Waals surface area contributed by atoms with Gasteiger partial charge in [-0.15, -0.1) is 0 Å². The van der Waals surface area contributed by atoms with Gasteiger partial charge in [-0.3, -0.25) is 4.79 Å². The number of carbonyl (C=O) groups is 1. The lowest BCUT2D eigenvalue weighted by molar-refractivity contribution is 0.0980. The molecule has 0 fully saturated rings. The van der Waals surface area contributed by atoms with Gasteiger partial charge < -0.3 is 9.80 Å². The van der Waals surface area contributed by atoms with Gasteiger partial charge in [-0.25, -0.2) is 9.97 Å². The maximum Gasteiger partial charge on any atom is 0.277 e. The van der Waals surface area contributed by atoms with Crippen molar-refractivity contribution in [3.63, 3.8) is 0 Å². The van der Waals surface area contributed by atoms with Crippen LogP contribution < -0.4 is 9.80 Å². The summed E-state index contributed by atoms with van der Waals surface area (Å²) in [6.45, 7) is 5.38. The molecule has 0 saturated heterocycles. The van der Waals surface area contributed by atoms with Gasteiger partial charge in [0.05, 0.1) is 0 Å². The highest BCUT2D eigenvalue weighted by molar-refractivity contribution is 6.06. The molecular weight excluding hydrogens is 348 g/mol. The van der Waals surface area contributed by atoms with Crippen LogP contribution in [0.25, 0.3) is 0 Å². The summed E-state index contributed by atoms with van der Waals surface area (Å²) in [6.07, 6.45) is 1.97. The molecule has 0 aliphatic carbocycles. The SMILES string of the molecule is CCN(c1ccccc1)c1cc(C(=O)N2CCCc3ccccc32)nc(C)n1. The third-order valence-corrected chi connectivity index (χ3v) is 5.06. The third-order valence-electron chi connectivity index (χ3n) is 5.06. The summed E-state index contributed by atoms with van der Waals surface area (Å²) >= 11 is 0. The fraction of sp³-hybridized carbons (Fsp3) is 0.261. The number of aryl methyl sites for hydroxylation is 2. The van der Waals surface area contributed by atoms with Gasteiger partial charge in [-0.2, -0.15) is 0 Å². The zero-order chi connectivity index (χ0) is 19.5. The smallest absolute Gasteiger partial charge is 0.277 e. The molecule has 28 heavy (non-hydrogen) atoms. The fourth-order valence-corrected chi connectivity index (χ4v) is 3.77. The first-order valence-electron chi connectivity index (χ1n) is 9.75. The van der Waals surface area contributed by atoms with Crippen LogP contribution in [0.2, 0.25) is 0 Å². The molecule has 1 aliphatic heterocycles. The van der Waals surface area contributed by atoms with Crippen LogP contribution in [0.5, 0.6) is 0 Å². The van der Waals surface area contributed by atoms with Gasteiger partial charge in [0.15, 0.2) is 0 Å². The van der Waals surface area contributed by atoms with E-state index in [-0.39, 0.29) is 5.91 Å². The molecule has 0 spiro atoms. The molecule has 2 heterocycles. The largest absolute Gasteiger partial charge is 0.327 e. The number of rotatable bonds is 4. The maximum atomic E-state index is 13.3. The second-order valence-electron chi connectivity index (χ2n) is 6.93. The Balaban J connectivity index is 1.71. The van der Waals surface area contributed by atoms with Gasteiger partial charge in [-0.1, -0.05) is 36.4 Å². The minimum atomic E-state index is -0.0667. The molecule has 2 aromatic carbocycles. The summed E-state index contributed by atoms with van der Waals surface area (Å²) in [5, 5.41) is 0. The number of hydrogen-bond acceptors (Lipinski definition) is 4. The number of benzene rings is 2. The Hall–Kier alpha value is -3.21. The van der Waals surface area contributed by atoms with Crippen LogP contribution in [0.4, 0.5) is 17.2 Å². The quantitative estimate of drug-likeness (QED) is 0.675. The Labute approximate surface area is 165 Å². The van der Waals surface area contributed by atoms with Crippen LogP contribution >= 0.6 is 0 Å². The number of carbonyl (C=O) groups excluding carboxylic acids is 1. The first-order valence-corrected chi connectivity index (χ1v) is 9.75. The molecule has 0 atom stereocenters. The number of fused-ring (bicyclic) bond motifs is 1. The minimum absolute atomic E-state index is 0.0667. The van der Waals surface area contributed by atoms with E-state index in [0.717, 1.165) is 36.6 Å². The highest BCUT2D eigenvalue weighted by Gasteiger charge is 2.25. The first-order chi connectivity index (χ1) is 13.7. The molecule has 0 N–H and O–H groups in total. The zero-order valence-electron chi connectivity index (χ0n) is 16.3. The number of amides is 1. The van der Waals surface area contributed by atoms with E-state index in [1.54, 1.807) is 0 Å². The van der Waals surface area contributed by atoms with Crippen LogP contribution in [-0.2, 0) is 6.42 Å². The van der Waals surface area contributed by atoms with Crippen LogP contribution in [0.15, 0.2) is 60.7 Å². The number of aromatic nitrogens is 2. The maximum absolute atomic E-state index is 13.3. The molecule has 4 rings (SSSR count). The van der Waals surface area contributed by atoms with Crippen LogP contribution in [0.3, 0.4) is 0 Å². The standard InChI is InChI=1S/C23H24N4O/c1-3-26(19-12-5-4-6-13-19)22-16-20(24-17(2)25-22)23(28)27-15-9-11-18-10-7-8-14-21(18)27/h4-8,10,12-14,16H,3,9,11,15H2,1-2H3. The molecule has 142 valence electrons. The summed E-state index contributed by atoms with van der Waals surface area (Å²) in [7, 11) is 0. The van der Waals surface area contributed by atoms with E-state index in [9.17, 15) is 4.79 Å². The molecule has 1 aromatic heterocycles. The Morgan fingerprint density at radius 2 is 1.82 bits per heavy atom. The van der Waals surface area contributed by atoms with E-state index in [0.29, 0.717) is 18.1 Å². The van der Waals surface area contributed by atoms with E-state index in [4.69, 9.17) is 0 Å². The molecule has 5 nitrogen and oxygen atoms in total. The predicted molar refractivity (Wildman–Crippen MR) is 112 cm³/mol. The average Bonchev–Trinajstić information content (AvgIpc) is 2.74. The summed E-state index contributed by atoms with van der Waals surface area (Å²) in [6, 6.07) is 20.0. The van der Waals surface area contributed by atoms with Gasteiger partial charge in [0, 0.05) is 30.5 Å². The van der Waals surface area contributed by atoms with Gasteiger partial charge >= 0.3 is 0 Å². The summed E-state index contributed by atoms with van der Waals surface area (Å²) in [5.74, 6) is 1.28. The van der Waals surface area contributed by atoms with Gasteiger partial charge in [0.25, 0.3) is 5.91 Å². The Kier molecular flexibility index (Phi) is 5.06. The molecule has 3 aromatic rings. The van der Waals surface area contributed by atoms with Crippen molar-refractivity contribution < 1.29 is 4.79 Å². The second kappa shape index (κ2) is 7.80. The van der Waals surface area contributed by atoms with Gasteiger partial charge in [-0.05, 0) is 50.5 Å². The van der Waals surface area contributed by atoms with Crippen molar-refractivity contribution >= 4 is 23.1 Å². The van der Waals surface area contributed by atoms with Crippen molar-refractivity contribution in [3.8, 4) is 0 Å². The first kappa shape index (κ1) is 18.2. The molecule has 5 heteroatoms. The molecule has 0 radical (unpaired) electrons. The predicted octanol–water partition coefficient (Wildman–Crippen LogP) is 4.54. The zero-order valence-corrected chi connectivity index (χ0v) is 16.3. The minimum Gasteiger partial charge on any atom is -0.327 e. The van der Waals surface area contributed by atoms with Crippen LogP contribution in [-0.4, -0.2) is 29.0 Å². The lowest BCUT2D eigenvalue weighted by Crippen LogP contribution is -2.36. The van der Waals surface area contributed by atoms with Crippen molar-refractivity contribution in [2.75, 3.05) is 22.9 Å². The van der Waals surface area contributed by atoms with E-state index >= 15 is 0 Å². The second-order valence-corrected chi connectivity index (χ2v) is 6.93. The Morgan fingerprint density at radius 3 is 2.61 bits per heavy atom. The van der Waals surface area contributed by atoms with Crippen molar-refractivity contribution in [2.24, 2.45) is 0 Å². The monoisotopic (exact) mass is 372 g/mol. The third kappa shape index (κ3) is 3.48. The molecule has 0 bridgehead atoms. The molecule has 1 amide bonds. The van der Waals surface area contributed by atoms with Crippen LogP contribution in [0, 0.1) is 6.92 Å². The van der Waals surface area contributed by atoms with E-state index in [2.05, 4.69) is 27.9 Å². The normalized spacial score (nSPS) is 13.1. The van der Waals surface area contributed by atoms with Crippen molar-refractivity contribution in [3.05, 3.63) is 77.7 Å². The molecule has 0 unspecified atom stereocenters. The Bertz CT molecular complexity index is 987. The average molecular weight is 372 g/mol.